The molecule has 1 N–H and O–H groups in total. The number of benzene rings is 4. The Balaban J connectivity index is 1.54. The Morgan fingerprint density at radius 3 is 2.30 bits per heavy atom. The first-order valence-electron chi connectivity index (χ1n) is 13.2. The second-order valence-electron chi connectivity index (χ2n) is 9.92. The van der Waals surface area contributed by atoms with Gasteiger partial charge in [0.05, 0.1) is 22.7 Å². The summed E-state index contributed by atoms with van der Waals surface area (Å²) in [5, 5.41) is 12.2. The van der Waals surface area contributed by atoms with E-state index in [-0.39, 0.29) is 25.6 Å². The van der Waals surface area contributed by atoms with Crippen LogP contribution < -0.4 is 4.90 Å². The molecule has 2 heterocycles. The molecule has 7 nitrogen and oxygen atoms in total. The molecule has 1 aliphatic heterocycles. The highest BCUT2D eigenvalue weighted by atomic mass is 35.5. The summed E-state index contributed by atoms with van der Waals surface area (Å²) in [6.07, 6.45) is 1.17. The Bertz CT molecular complexity index is 2020. The highest BCUT2D eigenvalue weighted by molar-refractivity contribution is 7.93. The average molecular weight is 627 g/mol. The zero-order valence-corrected chi connectivity index (χ0v) is 25.0. The Hall–Kier alpha value is -4.57. The van der Waals surface area contributed by atoms with Crippen LogP contribution in [0.5, 0.6) is 0 Å². The van der Waals surface area contributed by atoms with Crippen molar-refractivity contribution in [2.24, 2.45) is 0 Å². The van der Waals surface area contributed by atoms with Gasteiger partial charge < -0.3 is 5.11 Å². The number of rotatable bonds is 6. The number of hydrogen-bond donors (Lipinski definition) is 1. The third-order valence-electron chi connectivity index (χ3n) is 7.12. The number of aliphatic hydroxyl groups excluding tert-OH is 1. The van der Waals surface area contributed by atoms with Crippen LogP contribution in [0.3, 0.4) is 0 Å². The predicted molar refractivity (Wildman–Crippen MR) is 167 cm³/mol. The number of thiazole rings is 1. The Morgan fingerprint density at radius 1 is 0.907 bits per heavy atom. The molecule has 4 aromatic carbocycles. The van der Waals surface area contributed by atoms with E-state index in [4.69, 9.17) is 11.6 Å². The first kappa shape index (κ1) is 28.5. The number of sulfone groups is 1. The van der Waals surface area contributed by atoms with E-state index in [1.54, 1.807) is 48.5 Å². The first-order valence-corrected chi connectivity index (χ1v) is 15.8. The molecule has 0 bridgehead atoms. The second-order valence-corrected chi connectivity index (χ2v) is 13.5. The van der Waals surface area contributed by atoms with E-state index < -0.39 is 27.6 Å². The molecule has 1 unspecified atom stereocenters. The number of amides is 1. The summed E-state index contributed by atoms with van der Waals surface area (Å²) in [7, 11) is -3.93. The molecule has 10 heteroatoms. The van der Waals surface area contributed by atoms with Crippen molar-refractivity contribution in [3.05, 3.63) is 137 Å². The van der Waals surface area contributed by atoms with Crippen molar-refractivity contribution in [1.29, 1.82) is 0 Å². The van der Waals surface area contributed by atoms with Crippen molar-refractivity contribution in [3.8, 4) is 11.1 Å². The number of aromatic nitrogens is 1. The predicted octanol–water partition coefficient (Wildman–Crippen LogP) is 7.23. The van der Waals surface area contributed by atoms with E-state index in [0.29, 0.717) is 21.7 Å². The number of aryl methyl sites for hydroxylation is 1. The van der Waals surface area contributed by atoms with Crippen LogP contribution in [-0.2, 0) is 19.4 Å². The number of nitrogens with zero attached hydrogens (tertiary/aromatic N) is 2. The third kappa shape index (κ3) is 5.16. The van der Waals surface area contributed by atoms with E-state index in [0.717, 1.165) is 27.4 Å². The summed E-state index contributed by atoms with van der Waals surface area (Å²) >= 11 is 7.10. The normalized spacial score (nSPS) is 16.5. The highest BCUT2D eigenvalue weighted by Crippen LogP contribution is 2.45. The van der Waals surface area contributed by atoms with Crippen LogP contribution in [0.4, 0.5) is 5.13 Å². The molecular formula is C33H23ClN2O5S2. The van der Waals surface area contributed by atoms with Gasteiger partial charge in [0.1, 0.15) is 9.97 Å². The molecule has 6 rings (SSSR count). The molecule has 1 saturated heterocycles. The minimum atomic E-state index is -3.93. The van der Waals surface area contributed by atoms with Crippen molar-refractivity contribution in [2.45, 2.75) is 22.1 Å². The average Bonchev–Trinajstić information content (AvgIpc) is 3.61. The number of ketones is 1. The minimum absolute atomic E-state index is 0.00665. The number of halogens is 1. The smallest absolute Gasteiger partial charge is 0.301 e. The number of aliphatic hydroxyl groups is 1. The highest BCUT2D eigenvalue weighted by Gasteiger charge is 2.48. The maximum Gasteiger partial charge on any atom is 0.301 e. The van der Waals surface area contributed by atoms with Crippen LogP contribution in [0.15, 0.2) is 124 Å². The minimum Gasteiger partial charge on any atom is -0.507 e. The van der Waals surface area contributed by atoms with Gasteiger partial charge >= 0.3 is 5.91 Å². The lowest BCUT2D eigenvalue weighted by atomic mass is 9.91. The molecule has 5 aromatic rings. The lowest BCUT2D eigenvalue weighted by molar-refractivity contribution is -0.132. The van der Waals surface area contributed by atoms with E-state index >= 15 is 0 Å². The fraction of sp³-hybridized carbons (Fsp3) is 0.0606. The van der Waals surface area contributed by atoms with Gasteiger partial charge in [-0.05, 0) is 47.9 Å². The quantitative estimate of drug-likeness (QED) is 0.121. The molecule has 1 amide bonds. The molecule has 214 valence electrons. The van der Waals surface area contributed by atoms with Gasteiger partial charge in [0.2, 0.25) is 9.84 Å². The van der Waals surface area contributed by atoms with Crippen molar-refractivity contribution in [2.75, 3.05) is 4.90 Å². The van der Waals surface area contributed by atoms with Crippen molar-refractivity contribution < 1.29 is 23.1 Å². The fourth-order valence-corrected chi connectivity index (χ4v) is 7.86. The van der Waals surface area contributed by atoms with Crippen LogP contribution in [0.2, 0.25) is 5.02 Å². The van der Waals surface area contributed by atoms with E-state index in [2.05, 4.69) is 4.98 Å². The summed E-state index contributed by atoms with van der Waals surface area (Å²) in [6, 6.07) is 28.2. The Morgan fingerprint density at radius 2 is 1.60 bits per heavy atom. The molecule has 1 aliphatic rings. The van der Waals surface area contributed by atoms with Gasteiger partial charge in [-0.3, -0.25) is 14.5 Å². The number of Topliss-reactive ketones (excluding diaryl/α,β-unsaturated/α-hetero) is 1. The molecule has 0 spiro atoms. The third-order valence-corrected chi connectivity index (χ3v) is 10.6. The van der Waals surface area contributed by atoms with Crippen LogP contribution in [-0.4, -0.2) is 30.2 Å². The molecule has 0 saturated carbocycles. The van der Waals surface area contributed by atoms with Crippen molar-refractivity contribution in [1.82, 2.24) is 4.98 Å². The number of carbonyl (C=O) groups is 2. The number of anilines is 1. The molecule has 1 atom stereocenters. The monoisotopic (exact) mass is 626 g/mol. The molecule has 0 radical (unpaired) electrons. The summed E-state index contributed by atoms with van der Waals surface area (Å²) in [5.74, 6) is -2.24. The zero-order valence-electron chi connectivity index (χ0n) is 22.6. The first-order chi connectivity index (χ1) is 20.7. The van der Waals surface area contributed by atoms with Gasteiger partial charge in [-0.15, -0.1) is 0 Å². The molecule has 1 fully saturated rings. The van der Waals surface area contributed by atoms with Gasteiger partial charge in [-0.2, -0.15) is 0 Å². The maximum atomic E-state index is 13.7. The van der Waals surface area contributed by atoms with Gasteiger partial charge in [0.15, 0.2) is 5.13 Å². The van der Waals surface area contributed by atoms with Crippen molar-refractivity contribution >= 4 is 55.4 Å². The van der Waals surface area contributed by atoms with Gasteiger partial charge in [-0.25, -0.2) is 13.4 Å². The van der Waals surface area contributed by atoms with Crippen LogP contribution in [0, 0.1) is 6.92 Å². The van der Waals surface area contributed by atoms with Gasteiger partial charge in [0.25, 0.3) is 5.78 Å². The Labute approximate surface area is 257 Å². The van der Waals surface area contributed by atoms with E-state index in [1.807, 2.05) is 49.4 Å². The van der Waals surface area contributed by atoms with Gasteiger partial charge in [-0.1, -0.05) is 107 Å². The number of carbonyl (C=O) groups excluding carboxylic acids is 2. The largest absolute Gasteiger partial charge is 0.507 e. The molecular weight excluding hydrogens is 604 g/mol. The number of hydrogen-bond acceptors (Lipinski definition) is 7. The maximum absolute atomic E-state index is 13.7. The Kier molecular flexibility index (Phi) is 7.47. The zero-order chi connectivity index (χ0) is 30.3. The lowest BCUT2D eigenvalue weighted by Crippen LogP contribution is -2.29. The summed E-state index contributed by atoms with van der Waals surface area (Å²) < 4.78 is 26.5. The second kappa shape index (κ2) is 11.3. The van der Waals surface area contributed by atoms with Crippen molar-refractivity contribution in [3.63, 3.8) is 0 Å². The van der Waals surface area contributed by atoms with Crippen LogP contribution >= 0.6 is 22.9 Å². The molecule has 1 aromatic heterocycles. The summed E-state index contributed by atoms with van der Waals surface area (Å²) in [5.41, 5.74) is 3.10. The van der Waals surface area contributed by atoms with Gasteiger partial charge in [0, 0.05) is 10.6 Å². The van der Waals surface area contributed by atoms with Crippen LogP contribution in [0.25, 0.3) is 16.9 Å². The van der Waals surface area contributed by atoms with Crippen LogP contribution in [0.1, 0.15) is 22.7 Å². The molecule has 43 heavy (non-hydrogen) atoms. The van der Waals surface area contributed by atoms with E-state index in [1.165, 1.54) is 18.3 Å². The summed E-state index contributed by atoms with van der Waals surface area (Å²) in [6.45, 7) is 1.92. The molecule has 0 aliphatic carbocycles. The fourth-order valence-electron chi connectivity index (χ4n) is 5.09. The lowest BCUT2D eigenvalue weighted by Gasteiger charge is -2.23. The topological polar surface area (TPSA) is 105 Å². The van der Waals surface area contributed by atoms with E-state index in [9.17, 15) is 23.1 Å². The standard InChI is InChI=1S/C33H23ClN2O5S2/c1-20-15-16-25(26(17-20)21-9-4-2-5-10-21)30(37)28-29(22-11-8-12-23(34)18-22)36(32(39)31(28)38)33-35-19-27(42-33)43(40,41)24-13-6-3-7-14-24/h2-19,29,37H,1H3/b30-28+. The SMILES string of the molecule is Cc1ccc(/C(O)=C2\C(=O)C(=O)N(c3ncc(S(=O)(=O)c4ccccc4)s3)C2c2cccc(Cl)c2)c(-c2ccccc2)c1. The summed E-state index contributed by atoms with van der Waals surface area (Å²) in [4.78, 5) is 32.9.